The highest BCUT2D eigenvalue weighted by atomic mass is 32.2. The van der Waals surface area contributed by atoms with E-state index in [0.29, 0.717) is 27.2 Å². The van der Waals surface area contributed by atoms with E-state index in [-0.39, 0.29) is 17.1 Å². The van der Waals surface area contributed by atoms with E-state index in [1.807, 2.05) is 10.8 Å². The summed E-state index contributed by atoms with van der Waals surface area (Å²) in [6, 6.07) is 10.6. The van der Waals surface area contributed by atoms with Gasteiger partial charge in [-0.15, -0.1) is 0 Å². The Balaban J connectivity index is 1.84. The van der Waals surface area contributed by atoms with Crippen LogP contribution in [-0.2, 0) is 9.59 Å². The number of thioether (sulfide) groups is 2. The fraction of sp³-hybridized carbons (Fsp3) is 0.154. The molecule has 0 bridgehead atoms. The smallest absolute Gasteiger partial charge is 0.191 e. The number of hydrogen-bond donors (Lipinski definition) is 0. The van der Waals surface area contributed by atoms with E-state index in [1.54, 1.807) is 77.0 Å². The van der Waals surface area contributed by atoms with Crippen LogP contribution in [0.5, 0.6) is 23.0 Å². The zero-order valence-corrected chi connectivity index (χ0v) is 20.8. The highest BCUT2D eigenvalue weighted by Crippen LogP contribution is 2.40. The molecule has 0 unspecified atom stereocenters. The number of methoxy groups -OCH3 is 4. The molecule has 0 fully saturated rings. The average Bonchev–Trinajstić information content (AvgIpc) is 3.40. The van der Waals surface area contributed by atoms with E-state index in [9.17, 15) is 9.59 Å². The second-order valence-electron chi connectivity index (χ2n) is 6.79. The van der Waals surface area contributed by atoms with E-state index in [2.05, 4.69) is 0 Å². The molecule has 8 heteroatoms. The molecule has 0 aromatic heterocycles. The van der Waals surface area contributed by atoms with Gasteiger partial charge in [0.2, 0.25) is 0 Å². The number of ketones is 2. The van der Waals surface area contributed by atoms with Gasteiger partial charge in [-0.2, -0.15) is 0 Å². The molecule has 0 atom stereocenters. The molecule has 2 aromatic rings. The van der Waals surface area contributed by atoms with E-state index >= 15 is 0 Å². The lowest BCUT2D eigenvalue weighted by Gasteiger charge is -2.08. The number of ether oxygens (including phenoxy) is 4. The Bertz CT molecular complexity index is 1100. The molecule has 0 aliphatic carbocycles. The minimum absolute atomic E-state index is 0.119. The van der Waals surface area contributed by atoms with Crippen LogP contribution in [0.2, 0.25) is 0 Å². The number of carbonyl (C=O) groups excluding carboxylic acids is 2. The summed E-state index contributed by atoms with van der Waals surface area (Å²) in [5, 5.41) is 3.69. The fourth-order valence-corrected chi connectivity index (χ4v) is 4.96. The van der Waals surface area contributed by atoms with E-state index in [0.717, 1.165) is 11.1 Å². The van der Waals surface area contributed by atoms with Crippen molar-refractivity contribution < 1.29 is 28.5 Å². The maximum absolute atomic E-state index is 13.1. The second-order valence-corrected chi connectivity index (χ2v) is 8.88. The van der Waals surface area contributed by atoms with Gasteiger partial charge in [0, 0.05) is 0 Å². The second kappa shape index (κ2) is 12.2. The van der Waals surface area contributed by atoms with Crippen LogP contribution in [0.25, 0.3) is 12.2 Å². The Morgan fingerprint density at radius 1 is 0.647 bits per heavy atom. The van der Waals surface area contributed by atoms with Crippen molar-refractivity contribution in [2.45, 2.75) is 0 Å². The van der Waals surface area contributed by atoms with Crippen LogP contribution in [-0.4, -0.2) is 40.0 Å². The Hall–Kier alpha value is -3.36. The van der Waals surface area contributed by atoms with Crippen molar-refractivity contribution in [2.75, 3.05) is 28.4 Å². The number of carbonyl (C=O) groups is 2. The molecule has 3 rings (SSSR count). The van der Waals surface area contributed by atoms with Crippen molar-refractivity contribution in [3.8, 4) is 23.0 Å². The molecule has 0 N–H and O–H groups in total. The van der Waals surface area contributed by atoms with Gasteiger partial charge in [0.05, 0.1) is 38.2 Å². The first kappa shape index (κ1) is 25.3. The summed E-state index contributed by atoms with van der Waals surface area (Å²) in [4.78, 5) is 26.1. The first-order chi connectivity index (χ1) is 16.5. The third-order valence-electron chi connectivity index (χ3n) is 4.77. The lowest BCUT2D eigenvalue weighted by Crippen LogP contribution is -2.10. The summed E-state index contributed by atoms with van der Waals surface area (Å²) in [6.07, 6.45) is 6.08. The van der Waals surface area contributed by atoms with E-state index in [1.165, 1.54) is 35.7 Å². The predicted octanol–water partition coefficient (Wildman–Crippen LogP) is 5.75. The monoisotopic (exact) mass is 496 g/mol. The summed E-state index contributed by atoms with van der Waals surface area (Å²) in [7, 11) is 6.21. The predicted molar refractivity (Wildman–Crippen MR) is 139 cm³/mol. The molecule has 2 aromatic carbocycles. The number of benzene rings is 2. The van der Waals surface area contributed by atoms with Crippen LogP contribution in [0.3, 0.4) is 0 Å². The van der Waals surface area contributed by atoms with Gasteiger partial charge in [-0.25, -0.2) is 0 Å². The fourth-order valence-electron chi connectivity index (χ4n) is 3.07. The number of hydrogen-bond acceptors (Lipinski definition) is 8. The van der Waals surface area contributed by atoms with Crippen molar-refractivity contribution in [1.29, 1.82) is 0 Å². The van der Waals surface area contributed by atoms with Crippen molar-refractivity contribution in [3.63, 3.8) is 0 Å². The highest BCUT2D eigenvalue weighted by molar-refractivity contribution is 8.27. The maximum Gasteiger partial charge on any atom is 0.191 e. The van der Waals surface area contributed by atoms with Crippen molar-refractivity contribution in [2.24, 2.45) is 0 Å². The molecule has 176 valence electrons. The molecular weight excluding hydrogens is 472 g/mol. The largest absolute Gasteiger partial charge is 0.493 e. The van der Waals surface area contributed by atoms with Gasteiger partial charge < -0.3 is 18.9 Å². The van der Waals surface area contributed by atoms with E-state index in [4.69, 9.17) is 18.9 Å². The molecule has 0 saturated carbocycles. The molecule has 0 radical (unpaired) electrons. The quantitative estimate of drug-likeness (QED) is 0.234. The van der Waals surface area contributed by atoms with Crippen LogP contribution in [0.1, 0.15) is 11.1 Å². The first-order valence-corrected chi connectivity index (χ1v) is 11.9. The summed E-state index contributed by atoms with van der Waals surface area (Å²) in [5.74, 6) is 1.53. The molecule has 34 heavy (non-hydrogen) atoms. The summed E-state index contributed by atoms with van der Waals surface area (Å²) < 4.78 is 21.7. The van der Waals surface area contributed by atoms with Crippen molar-refractivity contribution >= 4 is 47.2 Å². The zero-order valence-electron chi connectivity index (χ0n) is 19.2. The van der Waals surface area contributed by atoms with E-state index < -0.39 is 0 Å². The van der Waals surface area contributed by atoms with Crippen LogP contribution in [0.4, 0.5) is 0 Å². The molecule has 1 aliphatic rings. The van der Waals surface area contributed by atoms with Gasteiger partial charge in [-0.05, 0) is 58.4 Å². The molecular formula is C26H24O6S2. The average molecular weight is 497 g/mol. The van der Waals surface area contributed by atoms with Gasteiger partial charge in [-0.3, -0.25) is 9.59 Å². The standard InChI is InChI=1S/C26H24O6S2/c1-29-21-11-7-17(15-23(21)31-3)5-9-19(27)25(26-33-13-14-34-26)20(28)10-6-18-8-12-22(30-2)24(16-18)32-4/h5-16H,1-4H3/b9-5+,10-6+. The van der Waals surface area contributed by atoms with Gasteiger partial charge >= 0.3 is 0 Å². The number of rotatable bonds is 10. The molecule has 0 spiro atoms. The normalized spacial score (nSPS) is 12.9. The minimum Gasteiger partial charge on any atom is -0.493 e. The molecule has 1 heterocycles. The van der Waals surface area contributed by atoms with Gasteiger partial charge in [-0.1, -0.05) is 47.8 Å². The topological polar surface area (TPSA) is 71.1 Å². The molecule has 6 nitrogen and oxygen atoms in total. The Kier molecular flexibility index (Phi) is 9.07. The summed E-state index contributed by atoms with van der Waals surface area (Å²) in [5.41, 5.74) is 1.61. The van der Waals surface area contributed by atoms with Gasteiger partial charge in [0.15, 0.2) is 34.6 Å². The van der Waals surface area contributed by atoms with Crippen molar-refractivity contribution in [3.05, 3.63) is 80.3 Å². The highest BCUT2D eigenvalue weighted by Gasteiger charge is 2.21. The molecule has 0 amide bonds. The third-order valence-corrected chi connectivity index (χ3v) is 6.90. The first-order valence-electron chi connectivity index (χ1n) is 10.1. The SMILES string of the molecule is COc1ccc(/C=C/C(=O)C(C(=O)/C=C/c2ccc(OC)c(OC)c2)=C2SC=CS2)cc1OC. The Labute approximate surface area is 207 Å². The third kappa shape index (κ3) is 6.15. The number of allylic oxidation sites excluding steroid dienone is 3. The van der Waals surface area contributed by atoms with Crippen LogP contribution in [0, 0.1) is 0 Å². The van der Waals surface area contributed by atoms with Crippen molar-refractivity contribution in [1.82, 2.24) is 0 Å². The minimum atomic E-state index is -0.379. The molecule has 0 saturated heterocycles. The van der Waals surface area contributed by atoms with Crippen LogP contribution in [0.15, 0.2) is 69.2 Å². The molecule has 1 aliphatic heterocycles. The summed E-state index contributed by atoms with van der Waals surface area (Å²) in [6.45, 7) is 0. The van der Waals surface area contributed by atoms with Gasteiger partial charge in [0.1, 0.15) is 0 Å². The van der Waals surface area contributed by atoms with Gasteiger partial charge in [0.25, 0.3) is 0 Å². The van der Waals surface area contributed by atoms with Crippen LogP contribution >= 0.6 is 23.5 Å². The lowest BCUT2D eigenvalue weighted by atomic mass is 10.1. The summed E-state index contributed by atoms with van der Waals surface area (Å²) >= 11 is 2.70. The Morgan fingerprint density at radius 3 is 1.44 bits per heavy atom. The van der Waals surface area contributed by atoms with Crippen LogP contribution < -0.4 is 18.9 Å². The maximum atomic E-state index is 13.1. The lowest BCUT2D eigenvalue weighted by molar-refractivity contribution is -0.116. The Morgan fingerprint density at radius 2 is 1.06 bits per heavy atom. The zero-order chi connectivity index (χ0) is 24.5.